The second-order valence-electron chi connectivity index (χ2n) is 7.54. The lowest BCUT2D eigenvalue weighted by molar-refractivity contribution is -0.124. The van der Waals surface area contributed by atoms with E-state index in [0.717, 1.165) is 30.8 Å². The van der Waals surface area contributed by atoms with E-state index in [0.29, 0.717) is 18.4 Å². The first-order chi connectivity index (χ1) is 14.1. The molecule has 0 saturated carbocycles. The van der Waals surface area contributed by atoms with Crippen LogP contribution in [0.15, 0.2) is 54.6 Å². The van der Waals surface area contributed by atoms with Gasteiger partial charge < -0.3 is 16.4 Å². The van der Waals surface area contributed by atoms with Crippen LogP contribution in [-0.4, -0.2) is 49.4 Å². The standard InChI is InChI=1S/C23H30N4O2/c1-2-17-8-6-7-11-21(17)26-22(28)13-25-23(29)16-27-14-19(12-24)20(15-27)18-9-4-3-5-10-18/h3-11,19-20H,2,12-16,24H2,1H3,(H,25,29)(H,26,28)/t19-,20+/m1/s1. The van der Waals surface area contributed by atoms with Gasteiger partial charge in [0.2, 0.25) is 11.8 Å². The second kappa shape index (κ2) is 10.2. The van der Waals surface area contributed by atoms with Gasteiger partial charge in [-0.3, -0.25) is 14.5 Å². The number of para-hydroxylation sites is 1. The number of anilines is 1. The molecule has 2 aromatic carbocycles. The normalized spacial score (nSPS) is 19.1. The quantitative estimate of drug-likeness (QED) is 0.639. The van der Waals surface area contributed by atoms with E-state index in [1.807, 2.05) is 49.4 Å². The predicted octanol–water partition coefficient (Wildman–Crippen LogP) is 1.98. The Labute approximate surface area is 172 Å². The van der Waals surface area contributed by atoms with Crippen molar-refractivity contribution >= 4 is 17.5 Å². The van der Waals surface area contributed by atoms with Crippen LogP contribution >= 0.6 is 0 Å². The maximum absolute atomic E-state index is 12.4. The van der Waals surface area contributed by atoms with Crippen molar-refractivity contribution < 1.29 is 9.59 Å². The van der Waals surface area contributed by atoms with E-state index in [9.17, 15) is 9.59 Å². The van der Waals surface area contributed by atoms with E-state index >= 15 is 0 Å². The molecule has 2 aromatic rings. The third-order valence-corrected chi connectivity index (χ3v) is 5.53. The molecule has 1 heterocycles. The summed E-state index contributed by atoms with van der Waals surface area (Å²) in [6.07, 6.45) is 0.836. The van der Waals surface area contributed by atoms with Crippen LogP contribution in [0.5, 0.6) is 0 Å². The lowest BCUT2D eigenvalue weighted by Crippen LogP contribution is -2.40. The van der Waals surface area contributed by atoms with Crippen molar-refractivity contribution in [1.29, 1.82) is 0 Å². The Kier molecular flexibility index (Phi) is 7.38. The second-order valence-corrected chi connectivity index (χ2v) is 7.54. The van der Waals surface area contributed by atoms with Gasteiger partial charge in [0.15, 0.2) is 0 Å². The highest BCUT2D eigenvalue weighted by Crippen LogP contribution is 2.31. The Bertz CT molecular complexity index is 825. The summed E-state index contributed by atoms with van der Waals surface area (Å²) >= 11 is 0. The van der Waals surface area contributed by atoms with Crippen LogP contribution in [0.1, 0.15) is 24.0 Å². The summed E-state index contributed by atoms with van der Waals surface area (Å²) in [7, 11) is 0. The largest absolute Gasteiger partial charge is 0.346 e. The molecule has 0 spiro atoms. The lowest BCUT2D eigenvalue weighted by Gasteiger charge is -2.16. The number of hydrogen-bond donors (Lipinski definition) is 3. The van der Waals surface area contributed by atoms with Gasteiger partial charge in [-0.1, -0.05) is 55.5 Å². The maximum Gasteiger partial charge on any atom is 0.243 e. The molecule has 154 valence electrons. The smallest absolute Gasteiger partial charge is 0.243 e. The molecular weight excluding hydrogens is 364 g/mol. The van der Waals surface area contributed by atoms with E-state index in [4.69, 9.17) is 5.73 Å². The van der Waals surface area contributed by atoms with E-state index in [1.165, 1.54) is 5.56 Å². The minimum atomic E-state index is -0.220. The van der Waals surface area contributed by atoms with Crippen LogP contribution in [0.4, 0.5) is 5.69 Å². The van der Waals surface area contributed by atoms with Crippen molar-refractivity contribution in [3.63, 3.8) is 0 Å². The topological polar surface area (TPSA) is 87.5 Å². The number of likely N-dealkylation sites (tertiary alicyclic amines) is 1. The molecule has 2 atom stereocenters. The first-order valence-electron chi connectivity index (χ1n) is 10.2. The Hall–Kier alpha value is -2.70. The molecule has 0 bridgehead atoms. The molecule has 4 N–H and O–H groups in total. The van der Waals surface area contributed by atoms with Crippen LogP contribution in [0, 0.1) is 5.92 Å². The van der Waals surface area contributed by atoms with Gasteiger partial charge in [0.05, 0.1) is 13.1 Å². The van der Waals surface area contributed by atoms with Crippen molar-refractivity contribution in [2.75, 3.05) is 38.0 Å². The Morgan fingerprint density at radius 1 is 1.03 bits per heavy atom. The van der Waals surface area contributed by atoms with Crippen LogP contribution in [0.2, 0.25) is 0 Å². The van der Waals surface area contributed by atoms with Gasteiger partial charge in [0, 0.05) is 24.7 Å². The number of amides is 2. The van der Waals surface area contributed by atoms with E-state index in [2.05, 4.69) is 27.7 Å². The molecule has 0 unspecified atom stereocenters. The Morgan fingerprint density at radius 2 is 1.76 bits per heavy atom. The molecule has 0 aromatic heterocycles. The lowest BCUT2D eigenvalue weighted by atomic mass is 9.89. The first kappa shape index (κ1) is 21.0. The zero-order chi connectivity index (χ0) is 20.6. The van der Waals surface area contributed by atoms with Gasteiger partial charge >= 0.3 is 0 Å². The fourth-order valence-electron chi connectivity index (χ4n) is 3.99. The van der Waals surface area contributed by atoms with Gasteiger partial charge in [0.25, 0.3) is 0 Å². The highest BCUT2D eigenvalue weighted by molar-refractivity contribution is 5.95. The fraction of sp³-hybridized carbons (Fsp3) is 0.391. The van der Waals surface area contributed by atoms with Crippen molar-refractivity contribution in [3.8, 4) is 0 Å². The van der Waals surface area contributed by atoms with Gasteiger partial charge in [0.1, 0.15) is 0 Å². The summed E-state index contributed by atoms with van der Waals surface area (Å²) in [5.41, 5.74) is 9.10. The number of nitrogens with zero attached hydrogens (tertiary/aromatic N) is 1. The average Bonchev–Trinajstić information content (AvgIpc) is 3.16. The third kappa shape index (κ3) is 5.65. The zero-order valence-corrected chi connectivity index (χ0v) is 16.9. The number of carbonyl (C=O) groups is 2. The number of hydrogen-bond acceptors (Lipinski definition) is 4. The van der Waals surface area contributed by atoms with Crippen molar-refractivity contribution in [2.45, 2.75) is 19.3 Å². The third-order valence-electron chi connectivity index (χ3n) is 5.53. The van der Waals surface area contributed by atoms with Crippen molar-refractivity contribution in [2.24, 2.45) is 11.7 Å². The molecule has 6 heteroatoms. The van der Waals surface area contributed by atoms with E-state index in [1.54, 1.807) is 0 Å². The molecule has 29 heavy (non-hydrogen) atoms. The minimum Gasteiger partial charge on any atom is -0.346 e. The molecule has 6 nitrogen and oxygen atoms in total. The number of benzene rings is 2. The van der Waals surface area contributed by atoms with Gasteiger partial charge in [-0.15, -0.1) is 0 Å². The van der Waals surface area contributed by atoms with Crippen molar-refractivity contribution in [1.82, 2.24) is 10.2 Å². The summed E-state index contributed by atoms with van der Waals surface area (Å²) in [6, 6.07) is 18.0. The minimum absolute atomic E-state index is 0.0346. The van der Waals surface area contributed by atoms with E-state index < -0.39 is 0 Å². The zero-order valence-electron chi connectivity index (χ0n) is 16.9. The Morgan fingerprint density at radius 3 is 2.48 bits per heavy atom. The molecule has 0 aliphatic carbocycles. The monoisotopic (exact) mass is 394 g/mol. The molecular formula is C23H30N4O2. The van der Waals surface area contributed by atoms with Gasteiger partial charge in [-0.2, -0.15) is 0 Å². The average molecular weight is 395 g/mol. The highest BCUT2D eigenvalue weighted by atomic mass is 16.2. The van der Waals surface area contributed by atoms with Gasteiger partial charge in [-0.05, 0) is 36.1 Å². The molecule has 1 aliphatic heterocycles. The number of nitrogens with one attached hydrogen (secondary N) is 2. The molecule has 2 amide bonds. The molecule has 1 aliphatic rings. The van der Waals surface area contributed by atoms with Gasteiger partial charge in [-0.25, -0.2) is 0 Å². The number of nitrogens with two attached hydrogens (primary N) is 1. The van der Waals surface area contributed by atoms with Crippen LogP contribution in [0.3, 0.4) is 0 Å². The first-order valence-corrected chi connectivity index (χ1v) is 10.2. The van der Waals surface area contributed by atoms with E-state index in [-0.39, 0.29) is 24.9 Å². The molecule has 3 rings (SSSR count). The molecule has 0 radical (unpaired) electrons. The number of aryl methyl sites for hydroxylation is 1. The predicted molar refractivity (Wildman–Crippen MR) is 116 cm³/mol. The number of rotatable bonds is 8. The highest BCUT2D eigenvalue weighted by Gasteiger charge is 2.33. The van der Waals surface area contributed by atoms with Crippen molar-refractivity contribution in [3.05, 3.63) is 65.7 Å². The maximum atomic E-state index is 12.4. The SMILES string of the molecule is CCc1ccccc1NC(=O)CNC(=O)CN1C[C@@H](CN)[C@H](c2ccccc2)C1. The molecule has 1 fully saturated rings. The summed E-state index contributed by atoms with van der Waals surface area (Å²) in [6.45, 7) is 4.47. The van der Waals surface area contributed by atoms with Crippen LogP contribution in [0.25, 0.3) is 0 Å². The number of carbonyl (C=O) groups excluding carboxylic acids is 2. The molecule has 1 saturated heterocycles. The fourth-order valence-corrected chi connectivity index (χ4v) is 3.99. The Balaban J connectivity index is 1.47. The summed E-state index contributed by atoms with van der Waals surface area (Å²) in [5, 5.41) is 5.60. The van der Waals surface area contributed by atoms with Crippen LogP contribution in [-0.2, 0) is 16.0 Å². The summed E-state index contributed by atoms with van der Waals surface area (Å²) in [5.74, 6) is 0.304. The van der Waals surface area contributed by atoms with Crippen LogP contribution < -0.4 is 16.4 Å². The summed E-state index contributed by atoms with van der Waals surface area (Å²) in [4.78, 5) is 26.7. The summed E-state index contributed by atoms with van der Waals surface area (Å²) < 4.78 is 0.